The molecule has 108 valence electrons. The van der Waals surface area contributed by atoms with Gasteiger partial charge in [-0.2, -0.15) is 0 Å². The quantitative estimate of drug-likeness (QED) is 0.531. The highest BCUT2D eigenvalue weighted by Gasteiger charge is 2.25. The largest absolute Gasteiger partial charge is 0.480 e. The molecule has 0 saturated carbocycles. The van der Waals surface area contributed by atoms with E-state index in [1.807, 2.05) is 0 Å². The third-order valence-corrected chi connectivity index (χ3v) is 2.69. The maximum atomic E-state index is 11.8. The van der Waals surface area contributed by atoms with Gasteiger partial charge in [0.1, 0.15) is 0 Å². The molecule has 20 heavy (non-hydrogen) atoms. The molecule has 0 aliphatic carbocycles. The number of nitro benzene ring substituents is 1. The van der Waals surface area contributed by atoms with Gasteiger partial charge in [0.15, 0.2) is 6.04 Å². The summed E-state index contributed by atoms with van der Waals surface area (Å²) < 4.78 is 0. The Hall–Kier alpha value is -2.48. The number of rotatable bonds is 5. The number of aryl methyl sites for hydroxylation is 1. The SMILES string of the molecule is Cc1cc(C(=O)NC(C(=O)O)C(C)O)ccc1[N+](=O)[O-]. The number of aliphatic hydroxyl groups is 1. The van der Waals surface area contributed by atoms with E-state index in [2.05, 4.69) is 5.32 Å². The molecule has 0 bridgehead atoms. The topological polar surface area (TPSA) is 130 Å². The summed E-state index contributed by atoms with van der Waals surface area (Å²) in [7, 11) is 0. The van der Waals surface area contributed by atoms with Crippen molar-refractivity contribution in [1.29, 1.82) is 0 Å². The number of aliphatic hydroxyl groups excluding tert-OH is 1. The van der Waals surface area contributed by atoms with Crippen molar-refractivity contribution in [3.05, 3.63) is 39.4 Å². The average molecular weight is 282 g/mol. The fourth-order valence-electron chi connectivity index (χ4n) is 1.61. The first kappa shape index (κ1) is 15.6. The number of hydrogen-bond acceptors (Lipinski definition) is 5. The highest BCUT2D eigenvalue weighted by Crippen LogP contribution is 2.18. The van der Waals surface area contributed by atoms with Crippen LogP contribution in [0.25, 0.3) is 0 Å². The van der Waals surface area contributed by atoms with E-state index < -0.39 is 28.9 Å². The van der Waals surface area contributed by atoms with Crippen LogP contribution < -0.4 is 5.32 Å². The Morgan fingerprint density at radius 1 is 1.40 bits per heavy atom. The lowest BCUT2D eigenvalue weighted by Crippen LogP contribution is -2.47. The Bertz CT molecular complexity index is 555. The maximum Gasteiger partial charge on any atom is 0.328 e. The molecule has 1 amide bonds. The summed E-state index contributed by atoms with van der Waals surface area (Å²) in [6.45, 7) is 2.71. The summed E-state index contributed by atoms with van der Waals surface area (Å²) >= 11 is 0. The first-order chi connectivity index (χ1) is 9.23. The molecule has 0 aliphatic rings. The number of nitrogens with zero attached hydrogens (tertiary/aromatic N) is 1. The number of nitrogens with one attached hydrogen (secondary N) is 1. The normalized spacial score (nSPS) is 13.3. The predicted octanol–water partition coefficient (Wildman–Crippen LogP) is 0.467. The van der Waals surface area contributed by atoms with E-state index in [-0.39, 0.29) is 16.8 Å². The van der Waals surface area contributed by atoms with E-state index in [9.17, 15) is 24.8 Å². The summed E-state index contributed by atoms with van der Waals surface area (Å²) in [5, 5.41) is 30.9. The molecule has 0 spiro atoms. The molecule has 8 nitrogen and oxygen atoms in total. The van der Waals surface area contributed by atoms with Gasteiger partial charge in [-0.25, -0.2) is 4.79 Å². The van der Waals surface area contributed by atoms with E-state index in [1.54, 1.807) is 0 Å². The highest BCUT2D eigenvalue weighted by molar-refractivity contribution is 5.97. The third kappa shape index (κ3) is 3.51. The number of nitro groups is 1. The van der Waals surface area contributed by atoms with Crippen molar-refractivity contribution in [1.82, 2.24) is 5.32 Å². The van der Waals surface area contributed by atoms with Gasteiger partial charge in [0, 0.05) is 17.2 Å². The number of carboxylic acids is 1. The molecule has 2 unspecified atom stereocenters. The van der Waals surface area contributed by atoms with Gasteiger partial charge in [0.25, 0.3) is 11.6 Å². The molecular formula is C12H14N2O6. The second-order valence-corrected chi connectivity index (χ2v) is 4.29. The van der Waals surface area contributed by atoms with Gasteiger partial charge in [-0.1, -0.05) is 0 Å². The van der Waals surface area contributed by atoms with Crippen molar-refractivity contribution in [2.75, 3.05) is 0 Å². The molecule has 2 atom stereocenters. The van der Waals surface area contributed by atoms with Crippen molar-refractivity contribution < 1.29 is 24.7 Å². The lowest BCUT2D eigenvalue weighted by Gasteiger charge is -2.17. The van der Waals surface area contributed by atoms with Crippen LogP contribution in [0.15, 0.2) is 18.2 Å². The number of benzene rings is 1. The monoisotopic (exact) mass is 282 g/mol. The van der Waals surface area contributed by atoms with Crippen LogP contribution in [0.5, 0.6) is 0 Å². The van der Waals surface area contributed by atoms with Crippen LogP contribution in [0, 0.1) is 17.0 Å². The number of carbonyl (C=O) groups is 2. The van der Waals surface area contributed by atoms with Crippen molar-refractivity contribution in [3.63, 3.8) is 0 Å². The van der Waals surface area contributed by atoms with Gasteiger partial charge in [0.05, 0.1) is 11.0 Å². The highest BCUT2D eigenvalue weighted by atomic mass is 16.6. The van der Waals surface area contributed by atoms with E-state index in [4.69, 9.17) is 5.11 Å². The number of aliphatic carboxylic acids is 1. The van der Waals surface area contributed by atoms with Gasteiger partial charge in [-0.3, -0.25) is 14.9 Å². The first-order valence-electron chi connectivity index (χ1n) is 5.70. The molecule has 0 aromatic heterocycles. The van der Waals surface area contributed by atoms with Crippen LogP contribution in [0.1, 0.15) is 22.8 Å². The molecule has 0 fully saturated rings. The van der Waals surface area contributed by atoms with Crippen LogP contribution in [0.4, 0.5) is 5.69 Å². The Labute approximate surface area is 114 Å². The minimum atomic E-state index is -1.45. The molecular weight excluding hydrogens is 268 g/mol. The summed E-state index contributed by atoms with van der Waals surface area (Å²) in [6, 6.07) is 2.23. The van der Waals surface area contributed by atoms with Crippen molar-refractivity contribution in [3.8, 4) is 0 Å². The molecule has 0 radical (unpaired) electrons. The number of carbonyl (C=O) groups excluding carboxylic acids is 1. The minimum Gasteiger partial charge on any atom is -0.480 e. The zero-order chi connectivity index (χ0) is 15.4. The van der Waals surface area contributed by atoms with E-state index in [0.29, 0.717) is 0 Å². The zero-order valence-corrected chi connectivity index (χ0v) is 10.9. The first-order valence-corrected chi connectivity index (χ1v) is 5.70. The Balaban J connectivity index is 2.96. The standard InChI is InChI=1S/C12H14N2O6/c1-6-5-8(3-4-9(6)14(19)20)11(16)13-10(7(2)15)12(17)18/h3-5,7,10,15H,1-2H3,(H,13,16)(H,17,18). The smallest absolute Gasteiger partial charge is 0.328 e. The van der Waals surface area contributed by atoms with E-state index >= 15 is 0 Å². The molecule has 3 N–H and O–H groups in total. The molecule has 0 aliphatic heterocycles. The fourth-order valence-corrected chi connectivity index (χ4v) is 1.61. The molecule has 8 heteroatoms. The van der Waals surface area contributed by atoms with Crippen molar-refractivity contribution >= 4 is 17.6 Å². The summed E-state index contributed by atoms with van der Waals surface area (Å²) in [5.74, 6) is -2.09. The van der Waals surface area contributed by atoms with Gasteiger partial charge in [0.2, 0.25) is 0 Å². The molecule has 1 aromatic rings. The van der Waals surface area contributed by atoms with Crippen LogP contribution in [0.2, 0.25) is 0 Å². The second-order valence-electron chi connectivity index (χ2n) is 4.29. The van der Waals surface area contributed by atoms with Gasteiger partial charge in [-0.05, 0) is 26.0 Å². The van der Waals surface area contributed by atoms with Gasteiger partial charge in [-0.15, -0.1) is 0 Å². The lowest BCUT2D eigenvalue weighted by molar-refractivity contribution is -0.385. The second kappa shape index (κ2) is 6.11. The Morgan fingerprint density at radius 2 is 2.00 bits per heavy atom. The summed E-state index contributed by atoms with van der Waals surface area (Å²) in [6.07, 6.45) is -1.27. The van der Waals surface area contributed by atoms with E-state index in [1.165, 1.54) is 32.0 Å². The zero-order valence-electron chi connectivity index (χ0n) is 10.9. The summed E-state index contributed by atoms with van der Waals surface area (Å²) in [4.78, 5) is 32.8. The van der Waals surface area contributed by atoms with E-state index in [0.717, 1.165) is 0 Å². The van der Waals surface area contributed by atoms with Crippen molar-refractivity contribution in [2.24, 2.45) is 0 Å². The Morgan fingerprint density at radius 3 is 2.40 bits per heavy atom. The molecule has 0 heterocycles. The number of hydrogen-bond donors (Lipinski definition) is 3. The summed E-state index contributed by atoms with van der Waals surface area (Å²) in [5.41, 5.74) is 0.235. The van der Waals surface area contributed by atoms with Crippen LogP contribution in [0.3, 0.4) is 0 Å². The van der Waals surface area contributed by atoms with Crippen LogP contribution >= 0.6 is 0 Å². The molecule has 0 saturated heterocycles. The van der Waals surface area contributed by atoms with Crippen molar-refractivity contribution in [2.45, 2.75) is 26.0 Å². The average Bonchev–Trinajstić information content (AvgIpc) is 2.34. The minimum absolute atomic E-state index is 0.0833. The van der Waals surface area contributed by atoms with Gasteiger partial charge < -0.3 is 15.5 Å². The van der Waals surface area contributed by atoms with Gasteiger partial charge >= 0.3 is 5.97 Å². The third-order valence-electron chi connectivity index (χ3n) is 2.69. The molecule has 1 rings (SSSR count). The maximum absolute atomic E-state index is 11.8. The number of carboxylic acid groups (broad SMARTS) is 1. The lowest BCUT2D eigenvalue weighted by atomic mass is 10.1. The predicted molar refractivity (Wildman–Crippen MR) is 68.4 cm³/mol. The van der Waals surface area contributed by atoms with Crippen LogP contribution in [-0.4, -0.2) is 39.2 Å². The number of amides is 1. The fraction of sp³-hybridized carbons (Fsp3) is 0.333. The van der Waals surface area contributed by atoms with Crippen LogP contribution in [-0.2, 0) is 4.79 Å². The Kier molecular flexibility index (Phi) is 4.76. The molecule has 1 aromatic carbocycles.